The van der Waals surface area contributed by atoms with E-state index in [1.54, 1.807) is 11.8 Å². The number of nitrogens with two attached hydrogens (primary N) is 1. The fourth-order valence-electron chi connectivity index (χ4n) is 1.88. The van der Waals surface area contributed by atoms with Crippen molar-refractivity contribution in [3.8, 4) is 0 Å². The number of nitrogens with one attached hydrogen (secondary N) is 1. The second kappa shape index (κ2) is 6.33. The summed E-state index contributed by atoms with van der Waals surface area (Å²) in [5, 5.41) is 0.686. The molecule has 20 heavy (non-hydrogen) atoms. The van der Waals surface area contributed by atoms with Crippen molar-refractivity contribution in [1.82, 2.24) is 9.97 Å². The first-order valence-electron chi connectivity index (χ1n) is 6.24. The molecule has 0 atom stereocenters. The number of aromatic amines is 1. The number of halogens is 1. The summed E-state index contributed by atoms with van der Waals surface area (Å²) in [7, 11) is 0. The zero-order valence-corrected chi connectivity index (χ0v) is 12.9. The van der Waals surface area contributed by atoms with Crippen LogP contribution in [0, 0.1) is 0 Å². The highest BCUT2D eigenvalue weighted by Gasteiger charge is 2.12. The van der Waals surface area contributed by atoms with Crippen LogP contribution in [0.4, 0.5) is 5.82 Å². The largest absolute Gasteiger partial charge is 0.383 e. The number of H-pyrrole nitrogens is 1. The summed E-state index contributed by atoms with van der Waals surface area (Å²) in [6.07, 6.45) is 0. The van der Waals surface area contributed by atoms with Gasteiger partial charge in [0.1, 0.15) is 11.6 Å². The lowest BCUT2D eigenvalue weighted by Crippen LogP contribution is -2.20. The quantitative estimate of drug-likeness (QED) is 0.849. The first-order valence-corrected chi connectivity index (χ1v) is 7.60. The van der Waals surface area contributed by atoms with Crippen molar-refractivity contribution in [3.63, 3.8) is 0 Å². The molecule has 0 aliphatic heterocycles. The van der Waals surface area contributed by atoms with Crippen LogP contribution in [0.2, 0.25) is 5.02 Å². The van der Waals surface area contributed by atoms with E-state index in [4.69, 9.17) is 17.3 Å². The van der Waals surface area contributed by atoms with Crippen LogP contribution in [-0.4, -0.2) is 9.97 Å². The predicted octanol–water partition coefficient (Wildman–Crippen LogP) is 3.42. The molecule has 3 N–H and O–H groups in total. The second-order valence-corrected chi connectivity index (χ2v) is 6.20. The average molecular weight is 310 g/mol. The molecule has 2 rings (SSSR count). The van der Waals surface area contributed by atoms with Crippen LogP contribution in [-0.2, 0) is 5.75 Å². The number of nitrogen functional groups attached to an aromatic ring is 1. The summed E-state index contributed by atoms with van der Waals surface area (Å²) in [5.74, 6) is 1.48. The van der Waals surface area contributed by atoms with E-state index in [9.17, 15) is 4.79 Å². The molecule has 0 saturated heterocycles. The van der Waals surface area contributed by atoms with Gasteiger partial charge in [0.05, 0.1) is 11.3 Å². The number of aromatic nitrogens is 2. The minimum absolute atomic E-state index is 0.0564. The van der Waals surface area contributed by atoms with Crippen LogP contribution in [0.15, 0.2) is 34.0 Å². The van der Waals surface area contributed by atoms with Crippen molar-refractivity contribution < 1.29 is 0 Å². The second-order valence-electron chi connectivity index (χ2n) is 4.71. The molecule has 0 bridgehead atoms. The topological polar surface area (TPSA) is 71.8 Å². The van der Waals surface area contributed by atoms with Crippen LogP contribution >= 0.6 is 23.4 Å². The number of nitrogens with zero attached hydrogens (tertiary/aromatic N) is 1. The number of rotatable bonds is 4. The summed E-state index contributed by atoms with van der Waals surface area (Å²) < 4.78 is 0. The molecule has 6 heteroatoms. The molecule has 0 aliphatic carbocycles. The Morgan fingerprint density at radius 1 is 1.45 bits per heavy atom. The smallest absolute Gasteiger partial charge is 0.256 e. The average Bonchev–Trinajstić information content (AvgIpc) is 2.35. The number of benzene rings is 1. The van der Waals surface area contributed by atoms with E-state index < -0.39 is 0 Å². The standard InChI is InChI=1S/C14H16ClN3OS/c1-8(2)12-13(16)17-11(18-14(12)19)7-20-10-5-3-4-9(15)6-10/h3-6,8H,7H2,1-2H3,(H3,16,17,18,19). The Hall–Kier alpha value is -1.46. The van der Waals surface area contributed by atoms with Gasteiger partial charge in [-0.15, -0.1) is 11.8 Å². The van der Waals surface area contributed by atoms with Gasteiger partial charge in [0, 0.05) is 9.92 Å². The molecular formula is C14H16ClN3OS. The van der Waals surface area contributed by atoms with Gasteiger partial charge >= 0.3 is 0 Å². The summed E-state index contributed by atoms with van der Waals surface area (Å²) in [6, 6.07) is 7.54. The Morgan fingerprint density at radius 3 is 2.80 bits per heavy atom. The van der Waals surface area contributed by atoms with Crippen molar-refractivity contribution in [2.75, 3.05) is 5.73 Å². The maximum absolute atomic E-state index is 12.0. The SMILES string of the molecule is CC(C)c1c(N)nc(CSc2cccc(Cl)c2)[nH]c1=O. The van der Waals surface area contributed by atoms with Gasteiger partial charge in [-0.2, -0.15) is 0 Å². The molecule has 4 nitrogen and oxygen atoms in total. The normalized spacial score (nSPS) is 11.0. The van der Waals surface area contributed by atoms with Gasteiger partial charge in [-0.05, 0) is 24.1 Å². The van der Waals surface area contributed by atoms with Crippen molar-refractivity contribution >= 4 is 29.2 Å². The molecule has 0 unspecified atom stereocenters. The van der Waals surface area contributed by atoms with E-state index in [-0.39, 0.29) is 11.5 Å². The van der Waals surface area contributed by atoms with Gasteiger partial charge in [0.25, 0.3) is 5.56 Å². The minimum Gasteiger partial charge on any atom is -0.383 e. The van der Waals surface area contributed by atoms with Gasteiger partial charge in [-0.1, -0.05) is 31.5 Å². The minimum atomic E-state index is -0.158. The van der Waals surface area contributed by atoms with Gasteiger partial charge in [-0.25, -0.2) is 4.98 Å². The van der Waals surface area contributed by atoms with E-state index >= 15 is 0 Å². The van der Waals surface area contributed by atoms with Gasteiger partial charge < -0.3 is 10.7 Å². The van der Waals surface area contributed by atoms with Crippen LogP contribution in [0.1, 0.15) is 31.2 Å². The molecule has 0 radical (unpaired) electrons. The van der Waals surface area contributed by atoms with Crippen LogP contribution < -0.4 is 11.3 Å². The monoisotopic (exact) mass is 309 g/mol. The van der Waals surface area contributed by atoms with E-state index in [2.05, 4.69) is 9.97 Å². The van der Waals surface area contributed by atoms with Gasteiger partial charge in [0.15, 0.2) is 0 Å². The highest BCUT2D eigenvalue weighted by molar-refractivity contribution is 7.98. The van der Waals surface area contributed by atoms with Gasteiger partial charge in [0.2, 0.25) is 0 Å². The molecule has 0 aliphatic rings. The van der Waals surface area contributed by atoms with Crippen LogP contribution in [0.25, 0.3) is 0 Å². The van der Waals surface area contributed by atoms with Crippen LogP contribution in [0.3, 0.4) is 0 Å². The van der Waals surface area contributed by atoms with Crippen molar-refractivity contribution in [2.45, 2.75) is 30.4 Å². The predicted molar refractivity (Wildman–Crippen MR) is 84.4 cm³/mol. The molecule has 2 aromatic rings. The molecule has 1 aromatic heterocycles. The van der Waals surface area contributed by atoms with E-state index in [0.717, 1.165) is 4.90 Å². The Labute approximate surface area is 126 Å². The number of thioether (sulfide) groups is 1. The summed E-state index contributed by atoms with van der Waals surface area (Å²) in [4.78, 5) is 20.0. The molecule has 106 valence electrons. The summed E-state index contributed by atoms with van der Waals surface area (Å²) in [6.45, 7) is 3.84. The number of hydrogen-bond donors (Lipinski definition) is 2. The lowest BCUT2D eigenvalue weighted by Gasteiger charge is -2.09. The van der Waals surface area contributed by atoms with E-state index in [0.29, 0.717) is 28.0 Å². The zero-order chi connectivity index (χ0) is 14.7. The third kappa shape index (κ3) is 3.55. The molecule has 0 fully saturated rings. The highest BCUT2D eigenvalue weighted by Crippen LogP contribution is 2.24. The number of anilines is 1. The van der Waals surface area contributed by atoms with E-state index in [1.807, 2.05) is 38.1 Å². The lowest BCUT2D eigenvalue weighted by molar-refractivity contribution is 0.824. The maximum Gasteiger partial charge on any atom is 0.256 e. The van der Waals surface area contributed by atoms with Gasteiger partial charge in [-0.3, -0.25) is 4.79 Å². The Morgan fingerprint density at radius 2 is 2.20 bits per heavy atom. The maximum atomic E-state index is 12.0. The summed E-state index contributed by atoms with van der Waals surface area (Å²) in [5.41, 5.74) is 6.24. The molecular weight excluding hydrogens is 294 g/mol. The summed E-state index contributed by atoms with van der Waals surface area (Å²) >= 11 is 7.47. The van der Waals surface area contributed by atoms with Crippen LogP contribution in [0.5, 0.6) is 0 Å². The highest BCUT2D eigenvalue weighted by atomic mass is 35.5. The molecule has 0 saturated carbocycles. The lowest BCUT2D eigenvalue weighted by atomic mass is 10.1. The molecule has 1 heterocycles. The van der Waals surface area contributed by atoms with Crippen molar-refractivity contribution in [3.05, 3.63) is 51.0 Å². The fourth-order valence-corrected chi connectivity index (χ4v) is 2.96. The zero-order valence-electron chi connectivity index (χ0n) is 11.3. The molecule has 1 aromatic carbocycles. The van der Waals surface area contributed by atoms with Crippen molar-refractivity contribution in [2.24, 2.45) is 0 Å². The fraction of sp³-hybridized carbons (Fsp3) is 0.286. The third-order valence-corrected chi connectivity index (χ3v) is 4.02. The molecule has 0 spiro atoms. The Kier molecular flexibility index (Phi) is 4.73. The van der Waals surface area contributed by atoms with E-state index in [1.165, 1.54) is 0 Å². The first kappa shape index (κ1) is 14.9. The van der Waals surface area contributed by atoms with Crippen molar-refractivity contribution in [1.29, 1.82) is 0 Å². The Bertz CT molecular complexity index is 670. The Balaban J connectivity index is 2.17. The number of hydrogen-bond acceptors (Lipinski definition) is 4. The third-order valence-electron chi connectivity index (χ3n) is 2.78. The molecule has 0 amide bonds. The first-order chi connectivity index (χ1) is 9.47.